The van der Waals surface area contributed by atoms with Crippen molar-refractivity contribution in [3.63, 3.8) is 0 Å². The van der Waals surface area contributed by atoms with Gasteiger partial charge in [-0.25, -0.2) is 9.67 Å². The van der Waals surface area contributed by atoms with Gasteiger partial charge in [0.1, 0.15) is 5.15 Å². The number of rotatable bonds is 3. The number of ether oxygens (including phenoxy) is 1. The molecule has 0 spiro atoms. The van der Waals surface area contributed by atoms with Gasteiger partial charge in [0.2, 0.25) is 0 Å². The van der Waals surface area contributed by atoms with Gasteiger partial charge in [-0.05, 0) is 28.1 Å². The molecule has 0 amide bonds. The van der Waals surface area contributed by atoms with Crippen LogP contribution in [0.3, 0.4) is 0 Å². The normalized spacial score (nSPS) is 10.7. The number of hydrogen-bond donors (Lipinski definition) is 0. The molecule has 2 aromatic heterocycles. The van der Waals surface area contributed by atoms with Gasteiger partial charge in [0.25, 0.3) is 0 Å². The van der Waals surface area contributed by atoms with Gasteiger partial charge in [0.05, 0.1) is 12.3 Å². The van der Waals surface area contributed by atoms with Crippen LogP contribution in [0.1, 0.15) is 5.69 Å². The summed E-state index contributed by atoms with van der Waals surface area (Å²) >= 11 is 9.37. The summed E-state index contributed by atoms with van der Waals surface area (Å²) < 4.78 is 7.47. The van der Waals surface area contributed by atoms with E-state index >= 15 is 0 Å². The summed E-state index contributed by atoms with van der Waals surface area (Å²) in [7, 11) is 1.62. The highest BCUT2D eigenvalue weighted by molar-refractivity contribution is 9.10. The van der Waals surface area contributed by atoms with E-state index in [0.29, 0.717) is 17.6 Å². The largest absolute Gasteiger partial charge is 0.378 e. The van der Waals surface area contributed by atoms with Crippen molar-refractivity contribution in [1.29, 1.82) is 0 Å². The third-order valence-corrected chi connectivity index (χ3v) is 2.68. The van der Waals surface area contributed by atoms with Crippen molar-refractivity contribution in [2.75, 3.05) is 7.11 Å². The molecule has 0 fully saturated rings. The molecule has 16 heavy (non-hydrogen) atoms. The fraction of sp³-hybridized carbons (Fsp3) is 0.200. The van der Waals surface area contributed by atoms with Crippen LogP contribution in [0.25, 0.3) is 5.82 Å². The first kappa shape index (κ1) is 11.6. The van der Waals surface area contributed by atoms with Crippen LogP contribution in [-0.2, 0) is 11.3 Å². The second-order valence-electron chi connectivity index (χ2n) is 3.14. The molecular weight excluding hydrogens is 293 g/mol. The lowest BCUT2D eigenvalue weighted by molar-refractivity contribution is 0.181. The first-order valence-corrected chi connectivity index (χ1v) is 5.73. The Balaban J connectivity index is 2.36. The average molecular weight is 303 g/mol. The van der Waals surface area contributed by atoms with Gasteiger partial charge >= 0.3 is 0 Å². The van der Waals surface area contributed by atoms with Crippen molar-refractivity contribution >= 4 is 27.5 Å². The minimum absolute atomic E-state index is 0.434. The smallest absolute Gasteiger partial charge is 0.155 e. The standard InChI is InChI=1S/C10H9BrClN3O/c1-16-6-8-4-9(12)15(14-8)10-3-2-7(11)5-13-10/h2-5H,6H2,1H3. The molecule has 2 aromatic rings. The summed E-state index contributed by atoms with van der Waals surface area (Å²) in [6.45, 7) is 0.434. The molecule has 0 atom stereocenters. The van der Waals surface area contributed by atoms with E-state index < -0.39 is 0 Å². The number of aromatic nitrogens is 3. The van der Waals surface area contributed by atoms with Crippen molar-refractivity contribution in [3.05, 3.63) is 39.7 Å². The van der Waals surface area contributed by atoms with Crippen molar-refractivity contribution < 1.29 is 4.74 Å². The molecule has 0 radical (unpaired) electrons. The predicted octanol–water partition coefficient (Wildman–Crippen LogP) is 2.83. The number of nitrogens with zero attached hydrogens (tertiary/aromatic N) is 3. The molecule has 0 saturated carbocycles. The lowest BCUT2D eigenvalue weighted by Crippen LogP contribution is -2.00. The fourth-order valence-corrected chi connectivity index (χ4v) is 1.76. The Hall–Kier alpha value is -0.910. The van der Waals surface area contributed by atoms with E-state index in [9.17, 15) is 0 Å². The minimum Gasteiger partial charge on any atom is -0.378 e. The third-order valence-electron chi connectivity index (χ3n) is 1.94. The molecule has 0 aliphatic carbocycles. The molecule has 2 heterocycles. The molecule has 84 valence electrons. The zero-order valence-electron chi connectivity index (χ0n) is 8.52. The van der Waals surface area contributed by atoms with Gasteiger partial charge in [0.15, 0.2) is 5.82 Å². The molecule has 0 aromatic carbocycles. The van der Waals surface area contributed by atoms with E-state index in [2.05, 4.69) is 26.0 Å². The van der Waals surface area contributed by atoms with Crippen molar-refractivity contribution in [3.8, 4) is 5.82 Å². The highest BCUT2D eigenvalue weighted by atomic mass is 79.9. The summed E-state index contributed by atoms with van der Waals surface area (Å²) in [5.41, 5.74) is 0.775. The molecule has 6 heteroatoms. The number of halogens is 2. The Labute approximate surface area is 106 Å². The fourth-order valence-electron chi connectivity index (χ4n) is 1.28. The second kappa shape index (κ2) is 4.95. The first-order chi connectivity index (χ1) is 7.70. The molecule has 2 rings (SSSR count). The van der Waals surface area contributed by atoms with Gasteiger partial charge < -0.3 is 4.74 Å². The summed E-state index contributed by atoms with van der Waals surface area (Å²) in [5.74, 6) is 0.676. The van der Waals surface area contributed by atoms with E-state index in [4.69, 9.17) is 16.3 Å². The Morgan fingerprint density at radius 2 is 2.31 bits per heavy atom. The van der Waals surface area contributed by atoms with Crippen molar-refractivity contribution in [2.24, 2.45) is 0 Å². The van der Waals surface area contributed by atoms with Gasteiger partial charge in [-0.15, -0.1) is 0 Å². The Morgan fingerprint density at radius 1 is 1.50 bits per heavy atom. The van der Waals surface area contributed by atoms with Gasteiger partial charge in [-0.1, -0.05) is 11.6 Å². The monoisotopic (exact) mass is 301 g/mol. The van der Waals surface area contributed by atoms with Crippen LogP contribution in [0.4, 0.5) is 0 Å². The van der Waals surface area contributed by atoms with E-state index in [1.54, 1.807) is 24.1 Å². The number of hydrogen-bond acceptors (Lipinski definition) is 3. The zero-order chi connectivity index (χ0) is 11.5. The summed E-state index contributed by atoms with van der Waals surface area (Å²) in [6.07, 6.45) is 1.70. The number of methoxy groups -OCH3 is 1. The second-order valence-corrected chi connectivity index (χ2v) is 4.44. The molecule has 0 N–H and O–H groups in total. The van der Waals surface area contributed by atoms with Crippen molar-refractivity contribution in [1.82, 2.24) is 14.8 Å². The topological polar surface area (TPSA) is 39.9 Å². The summed E-state index contributed by atoms with van der Waals surface area (Å²) in [6, 6.07) is 5.48. The molecule has 0 bridgehead atoms. The maximum Gasteiger partial charge on any atom is 0.155 e. The average Bonchev–Trinajstić information content (AvgIpc) is 2.61. The summed E-state index contributed by atoms with van der Waals surface area (Å²) in [5, 5.41) is 4.80. The van der Waals surface area contributed by atoms with Crippen LogP contribution in [0, 0.1) is 0 Å². The lowest BCUT2D eigenvalue weighted by atomic mass is 10.4. The first-order valence-electron chi connectivity index (χ1n) is 4.56. The molecule has 0 saturated heterocycles. The Morgan fingerprint density at radius 3 is 2.94 bits per heavy atom. The van der Waals surface area contributed by atoms with Gasteiger partial charge in [-0.3, -0.25) is 0 Å². The van der Waals surface area contributed by atoms with Crippen molar-refractivity contribution in [2.45, 2.75) is 6.61 Å². The highest BCUT2D eigenvalue weighted by Crippen LogP contribution is 2.17. The lowest BCUT2D eigenvalue weighted by Gasteiger charge is -2.01. The molecule has 0 unspecified atom stereocenters. The van der Waals surface area contributed by atoms with Crippen LogP contribution in [-0.4, -0.2) is 21.9 Å². The number of pyridine rings is 1. The summed E-state index contributed by atoms with van der Waals surface area (Å²) in [4.78, 5) is 4.21. The van der Waals surface area contributed by atoms with E-state index in [1.165, 1.54) is 0 Å². The van der Waals surface area contributed by atoms with Crippen LogP contribution >= 0.6 is 27.5 Å². The maximum absolute atomic E-state index is 6.05. The molecule has 0 aliphatic heterocycles. The van der Waals surface area contributed by atoms with Gasteiger partial charge in [0, 0.05) is 23.8 Å². The molecule has 4 nitrogen and oxygen atoms in total. The van der Waals surface area contributed by atoms with E-state index in [-0.39, 0.29) is 0 Å². The van der Waals surface area contributed by atoms with Crippen LogP contribution in [0.2, 0.25) is 5.15 Å². The third kappa shape index (κ3) is 2.42. The SMILES string of the molecule is COCc1cc(Cl)n(-c2ccc(Br)cn2)n1. The van der Waals surface area contributed by atoms with E-state index in [0.717, 1.165) is 10.2 Å². The zero-order valence-corrected chi connectivity index (χ0v) is 10.9. The minimum atomic E-state index is 0.434. The predicted molar refractivity (Wildman–Crippen MR) is 64.8 cm³/mol. The highest BCUT2D eigenvalue weighted by Gasteiger charge is 2.08. The van der Waals surface area contributed by atoms with Crippen LogP contribution < -0.4 is 0 Å². The Kier molecular flexibility index (Phi) is 3.58. The Bertz CT molecular complexity index is 483. The molecule has 0 aliphatic rings. The van der Waals surface area contributed by atoms with Gasteiger partial charge in [-0.2, -0.15) is 5.10 Å². The quantitative estimate of drug-likeness (QED) is 0.875. The molecular formula is C10H9BrClN3O. The maximum atomic E-state index is 6.05. The van der Waals surface area contributed by atoms with Crippen LogP contribution in [0.5, 0.6) is 0 Å². The van der Waals surface area contributed by atoms with E-state index in [1.807, 2.05) is 12.1 Å². The van der Waals surface area contributed by atoms with Crippen LogP contribution in [0.15, 0.2) is 28.9 Å².